The number of carbonyl (C=O) groups excluding carboxylic acids is 2. The van der Waals surface area contributed by atoms with E-state index in [-0.39, 0.29) is 30.4 Å². The molecule has 1 aromatic carbocycles. The number of rotatable bonds is 4. The molecule has 0 radical (unpaired) electrons. The fourth-order valence-corrected chi connectivity index (χ4v) is 3.72. The molecule has 2 aliphatic rings. The van der Waals surface area contributed by atoms with Crippen molar-refractivity contribution >= 4 is 35.7 Å². The highest BCUT2D eigenvalue weighted by Crippen LogP contribution is 2.23. The van der Waals surface area contributed by atoms with E-state index in [1.807, 2.05) is 23.0 Å². The monoisotopic (exact) mass is 418 g/mol. The smallest absolute Gasteiger partial charge is 0.321 e. The molecule has 4 rings (SSSR count). The van der Waals surface area contributed by atoms with Gasteiger partial charge < -0.3 is 20.9 Å². The molecule has 3 N–H and O–H groups in total. The van der Waals surface area contributed by atoms with Gasteiger partial charge in [-0.05, 0) is 50.4 Å². The van der Waals surface area contributed by atoms with Crippen molar-refractivity contribution in [1.29, 1.82) is 0 Å². The molecule has 1 unspecified atom stereocenters. The molecule has 3 heterocycles. The van der Waals surface area contributed by atoms with E-state index < -0.39 is 0 Å². The number of likely N-dealkylation sites (tertiary alicyclic amines) is 1. The van der Waals surface area contributed by atoms with Crippen LogP contribution in [0.25, 0.3) is 0 Å². The summed E-state index contributed by atoms with van der Waals surface area (Å²) in [6, 6.07) is 9.11. The van der Waals surface area contributed by atoms with E-state index in [9.17, 15) is 9.59 Å². The number of halogens is 1. The Morgan fingerprint density at radius 1 is 1.03 bits per heavy atom. The number of nitrogens with zero attached hydrogens (tertiary/aromatic N) is 3. The number of anilines is 2. The van der Waals surface area contributed by atoms with Crippen LogP contribution in [0.1, 0.15) is 42.2 Å². The SMILES string of the molecule is Cl.O=C(Nc1ccccc1NC(=O)N1CCCC1)c1ccn(C2CCCNC2)n1. The molecular weight excluding hydrogens is 392 g/mol. The van der Waals surface area contributed by atoms with Crippen molar-refractivity contribution in [3.05, 3.63) is 42.2 Å². The number of aromatic nitrogens is 2. The number of hydrogen-bond acceptors (Lipinski definition) is 4. The Labute approximate surface area is 176 Å². The van der Waals surface area contributed by atoms with Crippen LogP contribution < -0.4 is 16.0 Å². The Morgan fingerprint density at radius 2 is 1.76 bits per heavy atom. The van der Waals surface area contributed by atoms with Crippen molar-refractivity contribution in [2.24, 2.45) is 0 Å². The minimum absolute atomic E-state index is 0. The summed E-state index contributed by atoms with van der Waals surface area (Å²) in [5.74, 6) is -0.287. The largest absolute Gasteiger partial charge is 0.325 e. The topological polar surface area (TPSA) is 91.3 Å². The molecule has 0 saturated carbocycles. The van der Waals surface area contributed by atoms with Crippen LogP contribution in [0.4, 0.5) is 16.2 Å². The van der Waals surface area contributed by atoms with Crippen LogP contribution in [-0.4, -0.2) is 52.8 Å². The molecule has 2 fully saturated rings. The first-order valence-electron chi connectivity index (χ1n) is 9.93. The summed E-state index contributed by atoms with van der Waals surface area (Å²) in [6.07, 6.45) is 6.08. The van der Waals surface area contributed by atoms with Gasteiger partial charge in [-0.15, -0.1) is 12.4 Å². The summed E-state index contributed by atoms with van der Waals surface area (Å²) in [6.45, 7) is 3.45. The maximum Gasteiger partial charge on any atom is 0.321 e. The molecule has 0 bridgehead atoms. The predicted octanol–water partition coefficient (Wildman–Crippen LogP) is 3.11. The minimum atomic E-state index is -0.287. The average molecular weight is 419 g/mol. The maximum atomic E-state index is 12.7. The van der Waals surface area contributed by atoms with Crippen LogP contribution in [0.2, 0.25) is 0 Å². The van der Waals surface area contributed by atoms with Gasteiger partial charge in [0.05, 0.1) is 17.4 Å². The molecule has 2 aromatic rings. The van der Waals surface area contributed by atoms with Crippen molar-refractivity contribution in [2.45, 2.75) is 31.7 Å². The van der Waals surface area contributed by atoms with Gasteiger partial charge in [0.2, 0.25) is 0 Å². The molecule has 1 aromatic heterocycles. The summed E-state index contributed by atoms with van der Waals surface area (Å²) in [7, 11) is 0. The lowest BCUT2D eigenvalue weighted by Gasteiger charge is -2.22. The summed E-state index contributed by atoms with van der Waals surface area (Å²) in [4.78, 5) is 26.9. The highest BCUT2D eigenvalue weighted by molar-refractivity contribution is 6.06. The van der Waals surface area contributed by atoms with E-state index in [1.165, 1.54) is 0 Å². The number of nitrogens with one attached hydrogen (secondary N) is 3. The lowest BCUT2D eigenvalue weighted by Crippen LogP contribution is -2.32. The molecule has 29 heavy (non-hydrogen) atoms. The highest BCUT2D eigenvalue weighted by atomic mass is 35.5. The van der Waals surface area contributed by atoms with Gasteiger partial charge >= 0.3 is 6.03 Å². The van der Waals surface area contributed by atoms with Crippen LogP contribution >= 0.6 is 12.4 Å². The van der Waals surface area contributed by atoms with Crippen LogP contribution in [0.3, 0.4) is 0 Å². The van der Waals surface area contributed by atoms with Gasteiger partial charge in [0.15, 0.2) is 5.69 Å². The lowest BCUT2D eigenvalue weighted by atomic mass is 10.1. The Bertz CT molecular complexity index is 843. The number of hydrogen-bond donors (Lipinski definition) is 3. The van der Waals surface area contributed by atoms with E-state index in [1.54, 1.807) is 23.1 Å². The van der Waals surface area contributed by atoms with Crippen molar-refractivity contribution in [1.82, 2.24) is 20.0 Å². The summed E-state index contributed by atoms with van der Waals surface area (Å²) >= 11 is 0. The molecule has 0 aliphatic carbocycles. The molecule has 1 atom stereocenters. The summed E-state index contributed by atoms with van der Waals surface area (Å²) in [5, 5.41) is 13.6. The number of piperidine rings is 1. The first-order chi connectivity index (χ1) is 13.7. The number of urea groups is 1. The highest BCUT2D eigenvalue weighted by Gasteiger charge is 2.20. The van der Waals surface area contributed by atoms with E-state index in [0.29, 0.717) is 17.1 Å². The second-order valence-electron chi connectivity index (χ2n) is 7.31. The lowest BCUT2D eigenvalue weighted by molar-refractivity contribution is 0.102. The van der Waals surface area contributed by atoms with Gasteiger partial charge in [0.25, 0.3) is 5.91 Å². The predicted molar refractivity (Wildman–Crippen MR) is 115 cm³/mol. The van der Waals surface area contributed by atoms with Crippen molar-refractivity contribution in [3.63, 3.8) is 0 Å². The summed E-state index contributed by atoms with van der Waals surface area (Å²) in [5.41, 5.74) is 1.52. The molecule has 8 nitrogen and oxygen atoms in total. The zero-order valence-corrected chi connectivity index (χ0v) is 17.1. The quantitative estimate of drug-likeness (QED) is 0.711. The first kappa shape index (κ1) is 21.1. The van der Waals surface area contributed by atoms with Crippen LogP contribution in [0, 0.1) is 0 Å². The Kier molecular flexibility index (Phi) is 7.11. The molecule has 2 saturated heterocycles. The van der Waals surface area contributed by atoms with Gasteiger partial charge in [0.1, 0.15) is 0 Å². The van der Waals surface area contributed by atoms with Crippen LogP contribution in [-0.2, 0) is 0 Å². The zero-order valence-electron chi connectivity index (χ0n) is 16.3. The third-order valence-electron chi connectivity index (χ3n) is 5.30. The number of carbonyl (C=O) groups is 2. The van der Waals surface area contributed by atoms with Crippen molar-refractivity contribution in [3.8, 4) is 0 Å². The standard InChI is InChI=1S/C20H26N6O2.ClH/c27-19(18-9-13-26(24-18)15-6-5-10-21-14-15)22-16-7-1-2-8-17(16)23-20(28)25-11-3-4-12-25;/h1-2,7-9,13,15,21H,3-6,10-12,14H2,(H,22,27)(H,23,28);1H. The molecular formula is C20H27ClN6O2. The van der Waals surface area contributed by atoms with Crippen LogP contribution in [0.5, 0.6) is 0 Å². The molecule has 9 heteroatoms. The van der Waals surface area contributed by atoms with Crippen LogP contribution in [0.15, 0.2) is 36.5 Å². The van der Waals surface area contributed by atoms with Gasteiger partial charge in [-0.2, -0.15) is 5.10 Å². The van der Waals surface area contributed by atoms with Crippen molar-refractivity contribution in [2.75, 3.05) is 36.8 Å². The van der Waals surface area contributed by atoms with E-state index in [0.717, 1.165) is 51.9 Å². The first-order valence-corrected chi connectivity index (χ1v) is 9.93. The molecule has 156 valence electrons. The van der Waals surface area contributed by atoms with Gasteiger partial charge in [-0.3, -0.25) is 9.48 Å². The Hall–Kier alpha value is -2.58. The normalized spacial score (nSPS) is 18.8. The molecule has 3 amide bonds. The second-order valence-corrected chi connectivity index (χ2v) is 7.31. The number of benzene rings is 1. The maximum absolute atomic E-state index is 12.7. The molecule has 2 aliphatic heterocycles. The van der Waals surface area contributed by atoms with Gasteiger partial charge in [-0.1, -0.05) is 12.1 Å². The van der Waals surface area contributed by atoms with E-state index in [2.05, 4.69) is 21.0 Å². The van der Waals surface area contributed by atoms with Crippen molar-refractivity contribution < 1.29 is 9.59 Å². The fourth-order valence-electron chi connectivity index (χ4n) is 3.72. The third-order valence-corrected chi connectivity index (χ3v) is 5.30. The number of amides is 3. The average Bonchev–Trinajstić information content (AvgIpc) is 3.42. The Morgan fingerprint density at radius 3 is 2.45 bits per heavy atom. The number of para-hydroxylation sites is 2. The van der Waals surface area contributed by atoms with E-state index in [4.69, 9.17) is 0 Å². The minimum Gasteiger partial charge on any atom is -0.325 e. The third kappa shape index (κ3) is 5.07. The fraction of sp³-hybridized carbons (Fsp3) is 0.450. The second kappa shape index (κ2) is 9.76. The van der Waals surface area contributed by atoms with Gasteiger partial charge in [0, 0.05) is 25.8 Å². The zero-order chi connectivity index (χ0) is 19.3. The summed E-state index contributed by atoms with van der Waals surface area (Å²) < 4.78 is 1.86. The molecule has 0 spiro atoms. The van der Waals surface area contributed by atoms with E-state index >= 15 is 0 Å². The van der Waals surface area contributed by atoms with Gasteiger partial charge in [-0.25, -0.2) is 4.79 Å². The Balaban J connectivity index is 0.00000240.